The molecule has 0 bridgehead atoms. The predicted octanol–water partition coefficient (Wildman–Crippen LogP) is 2.89. The highest BCUT2D eigenvalue weighted by molar-refractivity contribution is 7.89. The number of benzene rings is 2. The molecule has 8 heteroatoms. The molecule has 2 rings (SSSR count). The van der Waals surface area contributed by atoms with Gasteiger partial charge in [0.15, 0.2) is 5.96 Å². The maximum Gasteiger partial charge on any atom is 0.242 e. The second-order valence-corrected chi connectivity index (χ2v) is 8.89. The Morgan fingerprint density at radius 3 is 2.32 bits per heavy atom. The van der Waals surface area contributed by atoms with E-state index in [1.54, 1.807) is 18.2 Å². The van der Waals surface area contributed by atoms with Gasteiger partial charge in [-0.2, -0.15) is 0 Å². The van der Waals surface area contributed by atoms with Crippen molar-refractivity contribution >= 4 is 27.6 Å². The van der Waals surface area contributed by atoms with Crippen LogP contribution < -0.4 is 10.6 Å². The molecule has 0 amide bonds. The molecule has 2 aromatic carbocycles. The Kier molecular flexibility index (Phi) is 8.29. The van der Waals surface area contributed by atoms with Gasteiger partial charge in [0.25, 0.3) is 0 Å². The number of guanidine groups is 1. The van der Waals surface area contributed by atoms with Crippen molar-refractivity contribution in [2.24, 2.45) is 4.99 Å². The molecule has 0 atom stereocenters. The number of hydrogen-bond donors (Lipinski definition) is 2. The number of sulfonamides is 1. The minimum atomic E-state index is -3.52. The number of aliphatic imine (C=N–C) groups is 1. The van der Waals surface area contributed by atoms with E-state index < -0.39 is 10.0 Å². The summed E-state index contributed by atoms with van der Waals surface area (Å²) in [4.78, 5) is 4.82. The zero-order chi connectivity index (χ0) is 20.6. The monoisotopic (exact) mass is 422 g/mol. The van der Waals surface area contributed by atoms with Crippen LogP contribution in [0.15, 0.2) is 58.4 Å². The van der Waals surface area contributed by atoms with E-state index in [2.05, 4.69) is 15.6 Å². The van der Waals surface area contributed by atoms with Gasteiger partial charge in [-0.3, -0.25) is 0 Å². The highest BCUT2D eigenvalue weighted by atomic mass is 35.5. The number of nitrogens with zero attached hydrogens (tertiary/aromatic N) is 2. The minimum absolute atomic E-state index is 0.255. The number of rotatable bonds is 8. The fraction of sp³-hybridized carbons (Fsp3) is 0.350. The Bertz CT molecular complexity index is 914. The minimum Gasteiger partial charge on any atom is -0.357 e. The van der Waals surface area contributed by atoms with Crippen molar-refractivity contribution in [3.63, 3.8) is 0 Å². The van der Waals surface area contributed by atoms with Crippen molar-refractivity contribution in [3.05, 3.63) is 64.7 Å². The van der Waals surface area contributed by atoms with Crippen molar-refractivity contribution in [1.82, 2.24) is 14.9 Å². The molecule has 28 heavy (non-hydrogen) atoms. The summed E-state index contributed by atoms with van der Waals surface area (Å²) >= 11 is 6.19. The first kappa shape index (κ1) is 22.2. The largest absolute Gasteiger partial charge is 0.357 e. The van der Waals surface area contributed by atoms with Crippen LogP contribution in [-0.2, 0) is 23.0 Å². The van der Waals surface area contributed by atoms with E-state index in [-0.39, 0.29) is 11.4 Å². The van der Waals surface area contributed by atoms with E-state index in [9.17, 15) is 8.42 Å². The summed E-state index contributed by atoms with van der Waals surface area (Å²) in [6, 6.07) is 14.7. The molecule has 0 aliphatic heterocycles. The van der Waals surface area contributed by atoms with Crippen LogP contribution >= 0.6 is 11.6 Å². The van der Waals surface area contributed by atoms with Gasteiger partial charge in [-0.1, -0.05) is 48.0 Å². The van der Waals surface area contributed by atoms with Gasteiger partial charge in [-0.15, -0.1) is 0 Å². The van der Waals surface area contributed by atoms with Gasteiger partial charge in [0.05, 0.1) is 11.4 Å². The third-order valence-electron chi connectivity index (χ3n) is 4.13. The molecule has 0 unspecified atom stereocenters. The summed E-state index contributed by atoms with van der Waals surface area (Å²) in [5, 5.41) is 7.19. The van der Waals surface area contributed by atoms with Gasteiger partial charge in [-0.05, 0) is 36.6 Å². The van der Waals surface area contributed by atoms with Crippen LogP contribution in [0.25, 0.3) is 0 Å². The van der Waals surface area contributed by atoms with Gasteiger partial charge < -0.3 is 10.6 Å². The molecule has 0 saturated carbocycles. The molecule has 2 aromatic rings. The van der Waals surface area contributed by atoms with E-state index in [0.717, 1.165) is 17.0 Å². The molecule has 0 fully saturated rings. The Labute approximate surface area is 172 Å². The van der Waals surface area contributed by atoms with Crippen LogP contribution in [0.5, 0.6) is 0 Å². The molecule has 6 nitrogen and oxygen atoms in total. The first-order chi connectivity index (χ1) is 13.4. The molecule has 0 aliphatic rings. The van der Waals surface area contributed by atoms with E-state index >= 15 is 0 Å². The molecular weight excluding hydrogens is 396 g/mol. The SMILES string of the molecule is CCNC(=NCc1ccccc1S(=O)(=O)N(C)C)NCCc1ccccc1Cl. The lowest BCUT2D eigenvalue weighted by molar-refractivity contribution is 0.519. The molecule has 0 radical (unpaired) electrons. The van der Waals surface area contributed by atoms with Gasteiger partial charge >= 0.3 is 0 Å². The van der Waals surface area contributed by atoms with Crippen molar-refractivity contribution in [3.8, 4) is 0 Å². The Morgan fingerprint density at radius 1 is 1.04 bits per heavy atom. The quantitative estimate of drug-likeness (QED) is 0.506. The van der Waals surface area contributed by atoms with E-state index in [4.69, 9.17) is 11.6 Å². The summed E-state index contributed by atoms with van der Waals surface area (Å²) in [6.07, 6.45) is 0.760. The molecule has 2 N–H and O–H groups in total. The number of halogens is 1. The zero-order valence-corrected chi connectivity index (χ0v) is 18.0. The van der Waals surface area contributed by atoms with Gasteiger partial charge in [-0.25, -0.2) is 17.7 Å². The fourth-order valence-electron chi connectivity index (χ4n) is 2.61. The molecule has 0 heterocycles. The summed E-state index contributed by atoms with van der Waals surface area (Å²) in [5.74, 6) is 0.631. The van der Waals surface area contributed by atoms with Crippen LogP contribution in [0.2, 0.25) is 5.02 Å². The third kappa shape index (κ3) is 5.95. The van der Waals surface area contributed by atoms with Crippen LogP contribution in [-0.4, -0.2) is 45.9 Å². The van der Waals surface area contributed by atoms with Crippen LogP contribution in [0.1, 0.15) is 18.1 Å². The lowest BCUT2D eigenvalue weighted by Gasteiger charge is -2.15. The second-order valence-electron chi connectivity index (χ2n) is 6.36. The summed E-state index contributed by atoms with van der Waals surface area (Å²) < 4.78 is 26.2. The predicted molar refractivity (Wildman–Crippen MR) is 115 cm³/mol. The molecule has 152 valence electrons. The molecule has 0 spiro atoms. The summed E-state index contributed by atoms with van der Waals surface area (Å²) in [7, 11) is -0.470. The normalized spacial score (nSPS) is 12.2. The van der Waals surface area contributed by atoms with E-state index in [1.165, 1.54) is 18.4 Å². The maximum atomic E-state index is 12.5. The Morgan fingerprint density at radius 2 is 1.68 bits per heavy atom. The van der Waals surface area contributed by atoms with Crippen molar-refractivity contribution < 1.29 is 8.42 Å². The van der Waals surface area contributed by atoms with Gasteiger partial charge in [0.1, 0.15) is 0 Å². The van der Waals surface area contributed by atoms with Crippen molar-refractivity contribution in [2.75, 3.05) is 27.2 Å². The number of hydrogen-bond acceptors (Lipinski definition) is 3. The topological polar surface area (TPSA) is 73.8 Å². The second kappa shape index (κ2) is 10.5. The molecule has 0 aliphatic carbocycles. The highest BCUT2D eigenvalue weighted by Crippen LogP contribution is 2.19. The van der Waals surface area contributed by atoms with E-state index in [1.807, 2.05) is 37.3 Å². The van der Waals surface area contributed by atoms with Crippen molar-refractivity contribution in [2.45, 2.75) is 24.8 Å². The van der Waals surface area contributed by atoms with Gasteiger partial charge in [0.2, 0.25) is 10.0 Å². The number of nitrogens with one attached hydrogen (secondary N) is 2. The first-order valence-electron chi connectivity index (χ1n) is 9.12. The van der Waals surface area contributed by atoms with E-state index in [0.29, 0.717) is 24.6 Å². The van der Waals surface area contributed by atoms with Crippen LogP contribution in [0.4, 0.5) is 0 Å². The van der Waals surface area contributed by atoms with Gasteiger partial charge in [0, 0.05) is 32.2 Å². The molecular formula is C20H27ClN4O2S. The molecule has 0 aromatic heterocycles. The third-order valence-corrected chi connectivity index (χ3v) is 6.41. The van der Waals surface area contributed by atoms with Crippen LogP contribution in [0, 0.1) is 0 Å². The molecule has 0 saturated heterocycles. The highest BCUT2D eigenvalue weighted by Gasteiger charge is 2.20. The smallest absolute Gasteiger partial charge is 0.242 e. The maximum absolute atomic E-state index is 12.5. The fourth-order valence-corrected chi connectivity index (χ4v) is 3.94. The zero-order valence-electron chi connectivity index (χ0n) is 16.4. The lowest BCUT2D eigenvalue weighted by Crippen LogP contribution is -2.38. The average molecular weight is 423 g/mol. The first-order valence-corrected chi connectivity index (χ1v) is 10.9. The lowest BCUT2D eigenvalue weighted by atomic mass is 10.1. The standard InChI is InChI=1S/C20H27ClN4O2S/c1-4-22-20(23-14-13-16-9-5-7-11-18(16)21)24-15-17-10-6-8-12-19(17)28(26,27)25(2)3/h5-12H,4,13-15H2,1-3H3,(H2,22,23,24). The summed E-state index contributed by atoms with van der Waals surface area (Å²) in [5.41, 5.74) is 1.72. The summed E-state index contributed by atoms with van der Waals surface area (Å²) in [6.45, 7) is 3.60. The van der Waals surface area contributed by atoms with Crippen LogP contribution in [0.3, 0.4) is 0 Å². The van der Waals surface area contributed by atoms with Crippen molar-refractivity contribution in [1.29, 1.82) is 0 Å². The Hall–Kier alpha value is -2.09. The Balaban J connectivity index is 2.10. The average Bonchev–Trinajstić information content (AvgIpc) is 2.67.